The van der Waals surface area contributed by atoms with Gasteiger partial charge in [0.25, 0.3) is 0 Å². The Morgan fingerprint density at radius 2 is 2.04 bits per heavy atom. The summed E-state index contributed by atoms with van der Waals surface area (Å²) in [7, 11) is -3.80. The van der Waals surface area contributed by atoms with Gasteiger partial charge < -0.3 is 5.11 Å². The maximum absolute atomic E-state index is 12.8. The average molecular weight is 415 g/mol. The van der Waals surface area contributed by atoms with Crippen molar-refractivity contribution in [1.29, 1.82) is 5.26 Å². The molecule has 3 rings (SSSR count). The van der Waals surface area contributed by atoms with Crippen molar-refractivity contribution < 1.29 is 18.3 Å². The maximum Gasteiger partial charge on any atom is 0.348 e. The van der Waals surface area contributed by atoms with Crippen LogP contribution in [0.5, 0.6) is 0 Å². The third kappa shape index (κ3) is 4.32. The fourth-order valence-electron chi connectivity index (χ4n) is 3.02. The number of rotatable bonds is 6. The molecule has 2 unspecified atom stereocenters. The maximum atomic E-state index is 12.8. The van der Waals surface area contributed by atoms with Crippen LogP contribution in [0, 0.1) is 17.2 Å². The first-order chi connectivity index (χ1) is 13.3. The Bertz CT molecular complexity index is 1110. The van der Waals surface area contributed by atoms with E-state index in [1.165, 1.54) is 0 Å². The van der Waals surface area contributed by atoms with Gasteiger partial charge in [-0.3, -0.25) is 4.72 Å². The van der Waals surface area contributed by atoms with Crippen molar-refractivity contribution in [3.63, 3.8) is 0 Å². The van der Waals surface area contributed by atoms with Crippen molar-refractivity contribution >= 4 is 33.0 Å². The Hall–Kier alpha value is -2.89. The van der Waals surface area contributed by atoms with Gasteiger partial charge in [-0.2, -0.15) is 5.26 Å². The summed E-state index contributed by atoms with van der Waals surface area (Å²) in [5.41, 5.74) is 1.43. The van der Waals surface area contributed by atoms with Crippen molar-refractivity contribution in [2.24, 2.45) is 5.92 Å². The van der Waals surface area contributed by atoms with E-state index in [0.29, 0.717) is 16.9 Å². The molecule has 0 saturated carbocycles. The second-order valence-corrected chi connectivity index (χ2v) is 9.47. The lowest BCUT2D eigenvalue weighted by Gasteiger charge is -2.21. The van der Waals surface area contributed by atoms with Crippen LogP contribution in [0.4, 0.5) is 5.69 Å². The summed E-state index contributed by atoms with van der Waals surface area (Å²) in [5.74, 6) is -1.41. The monoisotopic (exact) mass is 414 g/mol. The standard InChI is InChI=1S/C20H18N2O4S2/c1-13-5-2-3-8-18(13)28(25,26)22-17-11-16(27-19(17)20(23)24)10-14-6-4-7-15(9-14)12-21/h2-9,11,13,18,22H,10H2,1H3,(H,23,24). The number of allylic oxidation sites excluding steroid dienone is 3. The largest absolute Gasteiger partial charge is 0.477 e. The first-order valence-corrected chi connectivity index (χ1v) is 10.9. The predicted octanol–water partition coefficient (Wildman–Crippen LogP) is 3.78. The molecule has 144 valence electrons. The van der Waals surface area contributed by atoms with E-state index in [1.54, 1.807) is 55.5 Å². The normalized spacial score (nSPS) is 18.6. The van der Waals surface area contributed by atoms with Crippen molar-refractivity contribution in [2.45, 2.75) is 18.6 Å². The number of hydrogen-bond donors (Lipinski definition) is 2. The molecule has 2 aromatic rings. The molecule has 2 atom stereocenters. The Kier molecular flexibility index (Phi) is 5.68. The van der Waals surface area contributed by atoms with Crippen molar-refractivity contribution in [3.8, 4) is 6.07 Å². The van der Waals surface area contributed by atoms with Gasteiger partial charge in [0.2, 0.25) is 10.0 Å². The van der Waals surface area contributed by atoms with E-state index in [2.05, 4.69) is 10.8 Å². The predicted molar refractivity (Wildman–Crippen MR) is 109 cm³/mol. The first-order valence-electron chi connectivity index (χ1n) is 8.52. The molecular weight excluding hydrogens is 396 g/mol. The SMILES string of the molecule is CC1C=CC=CC1S(=O)(=O)Nc1cc(Cc2cccc(C#N)c2)sc1C(=O)O. The van der Waals surface area contributed by atoms with Crippen molar-refractivity contribution in [1.82, 2.24) is 0 Å². The van der Waals surface area contributed by atoms with Crippen molar-refractivity contribution in [2.75, 3.05) is 4.72 Å². The quantitative estimate of drug-likeness (QED) is 0.748. The second-order valence-electron chi connectivity index (χ2n) is 6.49. The van der Waals surface area contributed by atoms with Gasteiger partial charge in [-0.1, -0.05) is 43.4 Å². The van der Waals surface area contributed by atoms with E-state index in [-0.39, 0.29) is 16.5 Å². The highest BCUT2D eigenvalue weighted by atomic mass is 32.2. The molecule has 6 nitrogen and oxygen atoms in total. The van der Waals surface area contributed by atoms with Crippen LogP contribution in [0.1, 0.15) is 32.6 Å². The number of benzene rings is 1. The minimum atomic E-state index is -3.80. The van der Waals surface area contributed by atoms with E-state index in [1.807, 2.05) is 6.07 Å². The molecule has 0 saturated heterocycles. The van der Waals surface area contributed by atoms with Gasteiger partial charge in [-0.25, -0.2) is 13.2 Å². The van der Waals surface area contributed by atoms with Crippen LogP contribution in [-0.4, -0.2) is 24.7 Å². The summed E-state index contributed by atoms with van der Waals surface area (Å²) < 4.78 is 28.0. The summed E-state index contributed by atoms with van der Waals surface area (Å²) in [6.07, 6.45) is 7.25. The lowest BCUT2D eigenvalue weighted by molar-refractivity contribution is 0.0703. The Balaban J connectivity index is 1.89. The van der Waals surface area contributed by atoms with Crippen LogP contribution >= 0.6 is 11.3 Å². The number of hydrogen-bond acceptors (Lipinski definition) is 5. The average Bonchev–Trinajstić information content (AvgIpc) is 3.03. The molecule has 1 aliphatic carbocycles. The van der Waals surface area contributed by atoms with Gasteiger partial charge in [0.1, 0.15) is 10.1 Å². The molecule has 28 heavy (non-hydrogen) atoms. The molecule has 8 heteroatoms. The van der Waals surface area contributed by atoms with E-state index >= 15 is 0 Å². The van der Waals surface area contributed by atoms with Gasteiger partial charge in [0.15, 0.2) is 0 Å². The highest BCUT2D eigenvalue weighted by Gasteiger charge is 2.30. The fourth-order valence-corrected chi connectivity index (χ4v) is 5.63. The Labute approximate surface area is 167 Å². The molecule has 1 aromatic carbocycles. The van der Waals surface area contributed by atoms with Gasteiger partial charge in [0.05, 0.1) is 17.3 Å². The minimum absolute atomic E-state index is 0.0574. The summed E-state index contributed by atoms with van der Waals surface area (Å²) in [6, 6.07) is 10.6. The van der Waals surface area contributed by atoms with Gasteiger partial charge >= 0.3 is 5.97 Å². The number of nitriles is 1. The van der Waals surface area contributed by atoms with Crippen LogP contribution in [0.2, 0.25) is 0 Å². The smallest absolute Gasteiger partial charge is 0.348 e. The van der Waals surface area contributed by atoms with Crippen LogP contribution in [0.3, 0.4) is 0 Å². The number of thiophene rings is 1. The molecule has 1 aromatic heterocycles. The number of carboxylic acids is 1. The third-order valence-corrected chi connectivity index (χ3v) is 7.30. The first kappa shape index (κ1) is 19.9. The minimum Gasteiger partial charge on any atom is -0.477 e. The molecule has 0 spiro atoms. The lowest BCUT2D eigenvalue weighted by Crippen LogP contribution is -2.32. The number of carbonyl (C=O) groups is 1. The number of nitrogens with zero attached hydrogens (tertiary/aromatic N) is 1. The number of sulfonamides is 1. The number of anilines is 1. The molecule has 0 bridgehead atoms. The molecule has 0 fully saturated rings. The number of aromatic carboxylic acids is 1. The highest BCUT2D eigenvalue weighted by Crippen LogP contribution is 2.32. The Morgan fingerprint density at radius 3 is 2.71 bits per heavy atom. The summed E-state index contributed by atoms with van der Waals surface area (Å²) in [6.45, 7) is 1.79. The molecule has 0 radical (unpaired) electrons. The van der Waals surface area contributed by atoms with Crippen LogP contribution in [-0.2, 0) is 16.4 Å². The van der Waals surface area contributed by atoms with E-state index in [4.69, 9.17) is 5.26 Å². The van der Waals surface area contributed by atoms with Crippen LogP contribution in [0.15, 0.2) is 54.6 Å². The zero-order chi connectivity index (χ0) is 20.3. The Morgan fingerprint density at radius 1 is 1.29 bits per heavy atom. The van der Waals surface area contributed by atoms with E-state index < -0.39 is 21.2 Å². The zero-order valence-electron chi connectivity index (χ0n) is 15.0. The fraction of sp³-hybridized carbons (Fsp3) is 0.200. The topological polar surface area (TPSA) is 107 Å². The molecule has 2 N–H and O–H groups in total. The molecule has 0 amide bonds. The van der Waals surface area contributed by atoms with Crippen LogP contribution in [0.25, 0.3) is 0 Å². The molecule has 1 aliphatic rings. The molecule has 1 heterocycles. The zero-order valence-corrected chi connectivity index (χ0v) is 16.6. The number of nitrogens with one attached hydrogen (secondary N) is 1. The lowest BCUT2D eigenvalue weighted by atomic mass is 10.0. The van der Waals surface area contributed by atoms with Crippen LogP contribution < -0.4 is 4.72 Å². The third-order valence-electron chi connectivity index (χ3n) is 4.37. The van der Waals surface area contributed by atoms with Gasteiger partial charge in [-0.05, 0) is 29.7 Å². The highest BCUT2D eigenvalue weighted by molar-refractivity contribution is 7.93. The summed E-state index contributed by atoms with van der Waals surface area (Å²) in [4.78, 5) is 12.3. The second kappa shape index (κ2) is 8.00. The summed E-state index contributed by atoms with van der Waals surface area (Å²) in [5, 5.41) is 17.7. The summed E-state index contributed by atoms with van der Waals surface area (Å²) >= 11 is 1.02. The van der Waals surface area contributed by atoms with Gasteiger partial charge in [-0.15, -0.1) is 11.3 Å². The van der Waals surface area contributed by atoms with E-state index in [9.17, 15) is 18.3 Å². The van der Waals surface area contributed by atoms with Gasteiger partial charge in [0, 0.05) is 11.3 Å². The number of carboxylic acid groups (broad SMARTS) is 1. The molecular formula is C20H18N2O4S2. The van der Waals surface area contributed by atoms with Crippen molar-refractivity contribution in [3.05, 3.63) is 75.5 Å². The van der Waals surface area contributed by atoms with E-state index in [0.717, 1.165) is 16.9 Å². The molecule has 0 aliphatic heterocycles.